The van der Waals surface area contributed by atoms with Crippen LogP contribution in [0.2, 0.25) is 0 Å². The summed E-state index contributed by atoms with van der Waals surface area (Å²) in [6.07, 6.45) is 5.78. The highest BCUT2D eigenvalue weighted by atomic mass is 16.4. The summed E-state index contributed by atoms with van der Waals surface area (Å²) in [4.78, 5) is 15.7. The summed E-state index contributed by atoms with van der Waals surface area (Å²) in [5, 5.41) is 12.3. The fourth-order valence-electron chi connectivity index (χ4n) is 2.41. The van der Waals surface area contributed by atoms with Crippen molar-refractivity contribution in [3.63, 3.8) is 0 Å². The zero-order valence-corrected chi connectivity index (χ0v) is 12.3. The van der Waals surface area contributed by atoms with Gasteiger partial charge in [-0.3, -0.25) is 4.79 Å². The molecule has 0 spiro atoms. The highest BCUT2D eigenvalue weighted by Gasteiger charge is 2.34. The summed E-state index contributed by atoms with van der Waals surface area (Å²) >= 11 is 0. The molecule has 5 nitrogen and oxygen atoms in total. The molecule has 0 saturated heterocycles. The Labute approximate surface area is 115 Å². The third-order valence-electron chi connectivity index (χ3n) is 3.76. The molecule has 5 heteroatoms. The molecule has 108 valence electrons. The minimum atomic E-state index is -0.807. The Kier molecular flexibility index (Phi) is 5.54. The van der Waals surface area contributed by atoms with Crippen LogP contribution in [0.25, 0.3) is 0 Å². The van der Waals surface area contributed by atoms with Gasteiger partial charge in [0.15, 0.2) is 0 Å². The van der Waals surface area contributed by atoms with Crippen LogP contribution in [-0.4, -0.2) is 33.2 Å². The van der Waals surface area contributed by atoms with Crippen molar-refractivity contribution in [1.29, 1.82) is 0 Å². The maximum absolute atomic E-state index is 11.4. The summed E-state index contributed by atoms with van der Waals surface area (Å²) in [7, 11) is 1.72. The smallest absolute Gasteiger partial charge is 0.323 e. The molecular weight excluding hydrogens is 242 g/mol. The number of likely N-dealkylation sites (N-methyl/N-ethyl adjacent to an activating group) is 1. The van der Waals surface area contributed by atoms with E-state index in [-0.39, 0.29) is 0 Å². The standard InChI is InChI=1S/C14H25N3O2/c1-5-14(15-4,13(18)19)7-6-9-17-10-8-16-12(17)11(2)3/h8,10-11,15H,5-7,9H2,1-4H3,(H,18,19). The van der Waals surface area contributed by atoms with E-state index in [2.05, 4.69) is 28.7 Å². The predicted octanol–water partition coefficient (Wildman–Crippen LogP) is 2.24. The van der Waals surface area contributed by atoms with E-state index in [1.807, 2.05) is 13.1 Å². The van der Waals surface area contributed by atoms with Gasteiger partial charge in [0.25, 0.3) is 0 Å². The van der Waals surface area contributed by atoms with Crippen molar-refractivity contribution in [3.8, 4) is 0 Å². The molecule has 0 aliphatic carbocycles. The Morgan fingerprint density at radius 2 is 2.26 bits per heavy atom. The molecule has 19 heavy (non-hydrogen) atoms. The molecule has 1 aromatic rings. The van der Waals surface area contributed by atoms with Gasteiger partial charge in [0.05, 0.1) is 0 Å². The summed E-state index contributed by atoms with van der Waals surface area (Å²) in [6.45, 7) is 6.94. The Morgan fingerprint density at radius 1 is 1.58 bits per heavy atom. The summed E-state index contributed by atoms with van der Waals surface area (Å²) in [6, 6.07) is 0. The van der Waals surface area contributed by atoms with Gasteiger partial charge in [-0.1, -0.05) is 20.8 Å². The van der Waals surface area contributed by atoms with Gasteiger partial charge in [-0.15, -0.1) is 0 Å². The second-order valence-electron chi connectivity index (χ2n) is 5.23. The number of carboxylic acids is 1. The molecule has 1 unspecified atom stereocenters. The van der Waals surface area contributed by atoms with Crippen molar-refractivity contribution >= 4 is 5.97 Å². The van der Waals surface area contributed by atoms with E-state index < -0.39 is 11.5 Å². The van der Waals surface area contributed by atoms with Crippen molar-refractivity contribution in [1.82, 2.24) is 14.9 Å². The van der Waals surface area contributed by atoms with Crippen molar-refractivity contribution in [2.45, 2.75) is 58.0 Å². The molecular formula is C14H25N3O2. The van der Waals surface area contributed by atoms with E-state index in [0.717, 1.165) is 18.8 Å². The van der Waals surface area contributed by atoms with Crippen LogP contribution in [0.1, 0.15) is 51.8 Å². The van der Waals surface area contributed by atoms with Crippen LogP contribution in [0.4, 0.5) is 0 Å². The summed E-state index contributed by atoms with van der Waals surface area (Å²) < 4.78 is 2.11. The SMILES string of the molecule is CCC(CCCn1ccnc1C(C)C)(NC)C(=O)O. The number of hydrogen-bond acceptors (Lipinski definition) is 3. The molecule has 1 aromatic heterocycles. The van der Waals surface area contributed by atoms with E-state index in [9.17, 15) is 9.90 Å². The Balaban J connectivity index is 2.62. The second kappa shape index (κ2) is 6.70. The quantitative estimate of drug-likeness (QED) is 0.758. The number of aliphatic carboxylic acids is 1. The zero-order chi connectivity index (χ0) is 14.5. The largest absolute Gasteiger partial charge is 0.480 e. The van der Waals surface area contributed by atoms with Crippen LogP contribution in [0.3, 0.4) is 0 Å². The lowest BCUT2D eigenvalue weighted by Crippen LogP contribution is -2.49. The highest BCUT2D eigenvalue weighted by molar-refractivity contribution is 5.78. The van der Waals surface area contributed by atoms with Gasteiger partial charge in [-0.2, -0.15) is 0 Å². The minimum absolute atomic E-state index is 0.384. The molecule has 0 fully saturated rings. The monoisotopic (exact) mass is 267 g/mol. The van der Waals surface area contributed by atoms with Crippen LogP contribution in [-0.2, 0) is 11.3 Å². The first-order chi connectivity index (χ1) is 8.96. The lowest BCUT2D eigenvalue weighted by Gasteiger charge is -2.27. The van der Waals surface area contributed by atoms with Crippen molar-refractivity contribution < 1.29 is 9.90 Å². The van der Waals surface area contributed by atoms with Crippen LogP contribution in [0.5, 0.6) is 0 Å². The molecule has 0 amide bonds. The van der Waals surface area contributed by atoms with E-state index in [0.29, 0.717) is 18.8 Å². The maximum Gasteiger partial charge on any atom is 0.323 e. The van der Waals surface area contributed by atoms with Gasteiger partial charge in [0, 0.05) is 24.9 Å². The van der Waals surface area contributed by atoms with Gasteiger partial charge >= 0.3 is 5.97 Å². The number of carboxylic acid groups (broad SMARTS) is 1. The highest BCUT2D eigenvalue weighted by Crippen LogP contribution is 2.19. The Hall–Kier alpha value is -1.36. The average Bonchev–Trinajstić information content (AvgIpc) is 2.83. The molecule has 0 aliphatic rings. The Morgan fingerprint density at radius 3 is 2.74 bits per heavy atom. The van der Waals surface area contributed by atoms with E-state index in [4.69, 9.17) is 0 Å². The number of rotatable bonds is 8. The minimum Gasteiger partial charge on any atom is -0.480 e. The van der Waals surface area contributed by atoms with Crippen LogP contribution in [0.15, 0.2) is 12.4 Å². The number of carbonyl (C=O) groups is 1. The van der Waals surface area contributed by atoms with E-state index >= 15 is 0 Å². The molecule has 1 heterocycles. The van der Waals surface area contributed by atoms with Crippen LogP contribution < -0.4 is 5.32 Å². The van der Waals surface area contributed by atoms with Gasteiger partial charge in [-0.05, 0) is 26.3 Å². The third kappa shape index (κ3) is 3.56. The van der Waals surface area contributed by atoms with Crippen molar-refractivity contribution in [3.05, 3.63) is 18.2 Å². The first-order valence-corrected chi connectivity index (χ1v) is 6.90. The van der Waals surface area contributed by atoms with Crippen LogP contribution in [0, 0.1) is 0 Å². The first-order valence-electron chi connectivity index (χ1n) is 6.90. The lowest BCUT2D eigenvalue weighted by molar-refractivity contribution is -0.145. The lowest BCUT2D eigenvalue weighted by atomic mass is 9.90. The molecule has 0 aliphatic heterocycles. The molecule has 0 radical (unpaired) electrons. The molecule has 0 bridgehead atoms. The predicted molar refractivity (Wildman–Crippen MR) is 75.3 cm³/mol. The molecule has 1 rings (SSSR count). The molecule has 1 atom stereocenters. The van der Waals surface area contributed by atoms with E-state index in [1.54, 1.807) is 13.2 Å². The van der Waals surface area contributed by atoms with Crippen molar-refractivity contribution in [2.24, 2.45) is 0 Å². The Bertz CT molecular complexity index is 409. The number of hydrogen-bond donors (Lipinski definition) is 2. The number of nitrogens with one attached hydrogen (secondary N) is 1. The number of nitrogens with zero attached hydrogens (tertiary/aromatic N) is 2. The fourth-order valence-corrected chi connectivity index (χ4v) is 2.41. The zero-order valence-electron chi connectivity index (χ0n) is 12.3. The van der Waals surface area contributed by atoms with Gasteiger partial charge < -0.3 is 15.0 Å². The van der Waals surface area contributed by atoms with Gasteiger partial charge in [-0.25, -0.2) is 4.98 Å². The molecule has 0 aromatic carbocycles. The average molecular weight is 267 g/mol. The molecule has 2 N–H and O–H groups in total. The van der Waals surface area contributed by atoms with E-state index in [1.165, 1.54) is 0 Å². The van der Waals surface area contributed by atoms with Crippen molar-refractivity contribution in [2.75, 3.05) is 7.05 Å². The topological polar surface area (TPSA) is 67.2 Å². The van der Waals surface area contributed by atoms with Gasteiger partial charge in [0.2, 0.25) is 0 Å². The first kappa shape index (κ1) is 15.7. The fraction of sp³-hybridized carbons (Fsp3) is 0.714. The maximum atomic E-state index is 11.4. The van der Waals surface area contributed by atoms with Crippen LogP contribution >= 0.6 is 0 Å². The third-order valence-corrected chi connectivity index (χ3v) is 3.76. The summed E-state index contributed by atoms with van der Waals surface area (Å²) in [5.74, 6) is 0.670. The normalized spacial score (nSPS) is 14.6. The summed E-state index contributed by atoms with van der Waals surface area (Å²) in [5.41, 5.74) is -0.807. The second-order valence-corrected chi connectivity index (χ2v) is 5.23. The number of aromatic nitrogens is 2. The molecule has 0 saturated carbocycles. The number of imidazole rings is 1. The number of aryl methyl sites for hydroxylation is 1. The van der Waals surface area contributed by atoms with Gasteiger partial charge in [0.1, 0.15) is 11.4 Å².